The van der Waals surface area contributed by atoms with E-state index in [1.807, 2.05) is 18.2 Å². The number of hydrogen-bond acceptors (Lipinski definition) is 6. The molecule has 1 heterocycles. The first kappa shape index (κ1) is 21.8. The number of nitrogens with one attached hydrogen (secondary N) is 2. The van der Waals surface area contributed by atoms with Gasteiger partial charge in [-0.2, -0.15) is 0 Å². The van der Waals surface area contributed by atoms with Crippen LogP contribution in [0, 0.1) is 0 Å². The van der Waals surface area contributed by atoms with E-state index in [-0.39, 0.29) is 5.91 Å². The van der Waals surface area contributed by atoms with Crippen molar-refractivity contribution in [3.05, 3.63) is 60.2 Å². The highest BCUT2D eigenvalue weighted by Gasteiger charge is 2.26. The van der Waals surface area contributed by atoms with Gasteiger partial charge in [0.2, 0.25) is 5.75 Å². The van der Waals surface area contributed by atoms with Crippen LogP contribution in [-0.4, -0.2) is 40.3 Å². The fourth-order valence-electron chi connectivity index (χ4n) is 3.54. The maximum absolute atomic E-state index is 13.0. The molecule has 3 aromatic rings. The minimum Gasteiger partial charge on any atom is -0.493 e. The van der Waals surface area contributed by atoms with Crippen LogP contribution >= 0.6 is 0 Å². The molecular formula is C24H23N3O6. The Morgan fingerprint density at radius 3 is 2.18 bits per heavy atom. The number of urea groups is 1. The Balaban J connectivity index is 1.56. The molecule has 0 fully saturated rings. The Morgan fingerprint density at radius 1 is 0.848 bits per heavy atom. The molecular weight excluding hydrogens is 426 g/mol. The number of hydrogen-bond donors (Lipinski definition) is 2. The molecule has 0 bridgehead atoms. The zero-order chi connectivity index (χ0) is 23.5. The topological polar surface area (TPSA) is 98.4 Å². The molecule has 0 saturated heterocycles. The predicted molar refractivity (Wildman–Crippen MR) is 124 cm³/mol. The third kappa shape index (κ3) is 4.20. The molecule has 0 spiro atoms. The normalized spacial score (nSPS) is 12.0. The average molecular weight is 449 g/mol. The molecule has 33 heavy (non-hydrogen) atoms. The lowest BCUT2D eigenvalue weighted by atomic mass is 10.1. The molecule has 9 nitrogen and oxygen atoms in total. The van der Waals surface area contributed by atoms with Crippen LogP contribution in [0.1, 0.15) is 10.4 Å². The van der Waals surface area contributed by atoms with Crippen molar-refractivity contribution in [2.24, 2.45) is 0 Å². The Kier molecular flexibility index (Phi) is 5.95. The molecule has 9 heteroatoms. The molecule has 2 N–H and O–H groups in total. The van der Waals surface area contributed by atoms with E-state index in [2.05, 4.69) is 10.6 Å². The second-order valence-corrected chi connectivity index (χ2v) is 7.14. The lowest BCUT2D eigenvalue weighted by molar-refractivity contribution is 0.0993. The zero-order valence-electron chi connectivity index (χ0n) is 18.6. The van der Waals surface area contributed by atoms with Crippen molar-refractivity contribution in [1.82, 2.24) is 0 Å². The number of rotatable bonds is 5. The second kappa shape index (κ2) is 8.99. The molecule has 3 amide bonds. The van der Waals surface area contributed by atoms with E-state index in [0.29, 0.717) is 51.4 Å². The SMILES string of the molecule is COc1cc(NC(=O)Nc2ccc3c(c2)C(=O)N(C)c2ccccc2O3)cc(OC)c1OC. The van der Waals surface area contributed by atoms with Crippen molar-refractivity contribution in [1.29, 1.82) is 0 Å². The average Bonchev–Trinajstić information content (AvgIpc) is 2.93. The van der Waals surface area contributed by atoms with Crippen molar-refractivity contribution in [3.63, 3.8) is 0 Å². The quantitative estimate of drug-likeness (QED) is 0.584. The first-order chi connectivity index (χ1) is 15.9. The number of anilines is 3. The van der Waals surface area contributed by atoms with E-state index >= 15 is 0 Å². The van der Waals surface area contributed by atoms with Gasteiger partial charge >= 0.3 is 6.03 Å². The highest BCUT2D eigenvalue weighted by molar-refractivity contribution is 6.10. The standard InChI is InChI=1S/C24H23N3O6/c1-27-17-7-5-6-8-19(17)33-18-10-9-14(11-16(18)23(27)28)25-24(29)26-15-12-20(30-2)22(32-4)21(13-15)31-3/h5-13H,1-4H3,(H2,25,26,29). The van der Waals surface area contributed by atoms with Crippen LogP contribution in [0.25, 0.3) is 0 Å². The summed E-state index contributed by atoms with van der Waals surface area (Å²) in [5, 5.41) is 5.46. The van der Waals surface area contributed by atoms with Gasteiger partial charge in [0.25, 0.3) is 5.91 Å². The van der Waals surface area contributed by atoms with Gasteiger partial charge in [0.1, 0.15) is 5.75 Å². The molecule has 4 rings (SSSR count). The van der Waals surface area contributed by atoms with E-state index < -0.39 is 6.03 Å². The summed E-state index contributed by atoms with van der Waals surface area (Å²) >= 11 is 0. The molecule has 0 aliphatic carbocycles. The molecule has 0 saturated carbocycles. The molecule has 3 aromatic carbocycles. The number of methoxy groups -OCH3 is 3. The maximum atomic E-state index is 13.0. The number of carbonyl (C=O) groups is 2. The third-order valence-corrected chi connectivity index (χ3v) is 5.14. The van der Waals surface area contributed by atoms with Gasteiger partial charge in [0, 0.05) is 24.9 Å². The summed E-state index contributed by atoms with van der Waals surface area (Å²) in [6, 6.07) is 14.9. The number of fused-ring (bicyclic) bond motifs is 2. The van der Waals surface area contributed by atoms with Crippen LogP contribution in [0.3, 0.4) is 0 Å². The van der Waals surface area contributed by atoms with E-state index in [9.17, 15) is 9.59 Å². The first-order valence-corrected chi connectivity index (χ1v) is 10.0. The minimum atomic E-state index is -0.511. The number of benzene rings is 3. The molecule has 1 aliphatic heterocycles. The molecule has 1 aliphatic rings. The van der Waals surface area contributed by atoms with Gasteiger partial charge in [-0.1, -0.05) is 12.1 Å². The van der Waals surface area contributed by atoms with Crippen molar-refractivity contribution in [2.45, 2.75) is 0 Å². The number of amides is 3. The highest BCUT2D eigenvalue weighted by atomic mass is 16.5. The third-order valence-electron chi connectivity index (χ3n) is 5.14. The summed E-state index contributed by atoms with van der Waals surface area (Å²) in [4.78, 5) is 27.2. The van der Waals surface area contributed by atoms with E-state index in [0.717, 1.165) is 0 Å². The fourth-order valence-corrected chi connectivity index (χ4v) is 3.54. The molecule has 0 aromatic heterocycles. The zero-order valence-corrected chi connectivity index (χ0v) is 18.6. The summed E-state index contributed by atoms with van der Waals surface area (Å²) in [6.07, 6.45) is 0. The summed E-state index contributed by atoms with van der Waals surface area (Å²) in [5.41, 5.74) is 1.86. The second-order valence-electron chi connectivity index (χ2n) is 7.14. The summed E-state index contributed by atoms with van der Waals surface area (Å²) in [7, 11) is 6.16. The van der Waals surface area contributed by atoms with Crippen LogP contribution in [-0.2, 0) is 0 Å². The Morgan fingerprint density at radius 2 is 1.52 bits per heavy atom. The van der Waals surface area contributed by atoms with Crippen LogP contribution in [0.2, 0.25) is 0 Å². The van der Waals surface area contributed by atoms with Crippen LogP contribution in [0.5, 0.6) is 28.7 Å². The Hall–Kier alpha value is -4.40. The maximum Gasteiger partial charge on any atom is 0.323 e. The lowest BCUT2D eigenvalue weighted by Crippen LogP contribution is -2.25. The van der Waals surface area contributed by atoms with Crippen molar-refractivity contribution in [3.8, 4) is 28.7 Å². The van der Waals surface area contributed by atoms with Crippen LogP contribution in [0.4, 0.5) is 21.9 Å². The summed E-state index contributed by atoms with van der Waals surface area (Å²) in [6.45, 7) is 0. The smallest absolute Gasteiger partial charge is 0.323 e. The van der Waals surface area contributed by atoms with Gasteiger partial charge in [-0.15, -0.1) is 0 Å². The van der Waals surface area contributed by atoms with Gasteiger partial charge < -0.3 is 34.5 Å². The van der Waals surface area contributed by atoms with Crippen LogP contribution in [0.15, 0.2) is 54.6 Å². The minimum absolute atomic E-state index is 0.247. The van der Waals surface area contributed by atoms with Crippen molar-refractivity contribution >= 4 is 29.0 Å². The van der Waals surface area contributed by atoms with Crippen LogP contribution < -0.4 is 34.5 Å². The molecule has 0 unspecified atom stereocenters. The molecule has 0 atom stereocenters. The first-order valence-electron chi connectivity index (χ1n) is 10.0. The monoisotopic (exact) mass is 449 g/mol. The summed E-state index contributed by atoms with van der Waals surface area (Å²) < 4.78 is 21.9. The Labute approximate surface area is 190 Å². The number of ether oxygens (including phenoxy) is 4. The number of para-hydroxylation sites is 2. The molecule has 0 radical (unpaired) electrons. The lowest BCUT2D eigenvalue weighted by Gasteiger charge is -2.16. The predicted octanol–water partition coefficient (Wildman–Crippen LogP) is 4.74. The van der Waals surface area contributed by atoms with Gasteiger partial charge in [0.05, 0.1) is 38.3 Å². The largest absolute Gasteiger partial charge is 0.493 e. The Bertz CT molecular complexity index is 1200. The summed E-state index contributed by atoms with van der Waals surface area (Å²) in [5.74, 6) is 1.97. The highest BCUT2D eigenvalue weighted by Crippen LogP contribution is 2.40. The van der Waals surface area contributed by atoms with E-state index in [1.54, 1.807) is 43.4 Å². The van der Waals surface area contributed by atoms with Gasteiger partial charge in [-0.25, -0.2) is 4.79 Å². The van der Waals surface area contributed by atoms with Gasteiger partial charge in [-0.3, -0.25) is 4.79 Å². The fraction of sp³-hybridized carbons (Fsp3) is 0.167. The number of nitrogens with zero attached hydrogens (tertiary/aromatic N) is 1. The van der Waals surface area contributed by atoms with Gasteiger partial charge in [0.15, 0.2) is 17.2 Å². The van der Waals surface area contributed by atoms with E-state index in [1.165, 1.54) is 26.2 Å². The van der Waals surface area contributed by atoms with Gasteiger partial charge in [-0.05, 0) is 30.3 Å². The van der Waals surface area contributed by atoms with Crippen molar-refractivity contribution in [2.75, 3.05) is 43.9 Å². The number of carbonyl (C=O) groups excluding carboxylic acids is 2. The molecule has 170 valence electrons. The van der Waals surface area contributed by atoms with Crippen molar-refractivity contribution < 1.29 is 28.5 Å². The van der Waals surface area contributed by atoms with E-state index in [4.69, 9.17) is 18.9 Å².